The quantitative estimate of drug-likeness (QED) is 0.755. The number of benzene rings is 1. The fourth-order valence-corrected chi connectivity index (χ4v) is 3.87. The lowest BCUT2D eigenvalue weighted by atomic mass is 9.98. The van der Waals surface area contributed by atoms with Gasteiger partial charge in [0.15, 0.2) is 5.78 Å². The van der Waals surface area contributed by atoms with Crippen molar-refractivity contribution in [3.63, 3.8) is 0 Å². The van der Waals surface area contributed by atoms with E-state index in [2.05, 4.69) is 0 Å². The predicted octanol–water partition coefficient (Wildman–Crippen LogP) is 3.14. The molecule has 0 spiro atoms. The van der Waals surface area contributed by atoms with Crippen LogP contribution in [-0.4, -0.2) is 45.8 Å². The molecular formula is C19H23NO4S. The van der Waals surface area contributed by atoms with Crippen molar-refractivity contribution in [3.8, 4) is 0 Å². The molecule has 25 heavy (non-hydrogen) atoms. The number of carboxylic acids is 1. The Balaban J connectivity index is 2.51. The summed E-state index contributed by atoms with van der Waals surface area (Å²) in [6.45, 7) is 6.39. The van der Waals surface area contributed by atoms with Crippen LogP contribution in [0.5, 0.6) is 0 Å². The number of ketones is 1. The third kappa shape index (κ3) is 4.12. The van der Waals surface area contributed by atoms with Crippen LogP contribution in [-0.2, 0) is 9.59 Å². The fourth-order valence-electron chi connectivity index (χ4n) is 2.95. The SMILES string of the molecule is CSC1C(C(=O)c2ccc(C)cc2)=C(CC(=O)O)C(=O)N1CC(C)C. The first-order chi connectivity index (χ1) is 11.8. The molecule has 134 valence electrons. The highest BCUT2D eigenvalue weighted by Crippen LogP contribution is 2.36. The van der Waals surface area contributed by atoms with Gasteiger partial charge in [0.1, 0.15) is 5.37 Å². The highest BCUT2D eigenvalue weighted by atomic mass is 32.2. The van der Waals surface area contributed by atoms with Crippen molar-refractivity contribution in [2.75, 3.05) is 12.8 Å². The van der Waals surface area contributed by atoms with Crippen LogP contribution in [0, 0.1) is 12.8 Å². The van der Waals surface area contributed by atoms with Gasteiger partial charge in [0.25, 0.3) is 5.91 Å². The van der Waals surface area contributed by atoms with E-state index in [1.807, 2.05) is 39.2 Å². The second kappa shape index (κ2) is 7.87. The van der Waals surface area contributed by atoms with E-state index in [4.69, 9.17) is 0 Å². The molecule has 1 unspecified atom stereocenters. The average Bonchev–Trinajstić information content (AvgIpc) is 2.79. The number of thioether (sulfide) groups is 1. The van der Waals surface area contributed by atoms with Gasteiger partial charge < -0.3 is 10.0 Å². The maximum Gasteiger partial charge on any atom is 0.308 e. The minimum Gasteiger partial charge on any atom is -0.481 e. The van der Waals surface area contributed by atoms with Gasteiger partial charge in [-0.25, -0.2) is 0 Å². The Bertz CT molecular complexity index is 721. The summed E-state index contributed by atoms with van der Waals surface area (Å²) in [6, 6.07) is 7.11. The summed E-state index contributed by atoms with van der Waals surface area (Å²) in [6.07, 6.45) is 1.40. The standard InChI is InChI=1S/C19H23NO4S/c1-11(2)10-20-18(24)14(9-15(21)22)16(19(20)25-4)17(23)13-7-5-12(3)6-8-13/h5-8,11,19H,9-10H2,1-4H3,(H,21,22). The summed E-state index contributed by atoms with van der Waals surface area (Å²) in [5.74, 6) is -1.50. The first-order valence-corrected chi connectivity index (χ1v) is 9.45. The summed E-state index contributed by atoms with van der Waals surface area (Å²) in [7, 11) is 0. The van der Waals surface area contributed by atoms with Crippen LogP contribution in [0.2, 0.25) is 0 Å². The zero-order chi connectivity index (χ0) is 18.7. The minimum atomic E-state index is -1.11. The molecule has 0 saturated heterocycles. The van der Waals surface area contributed by atoms with Crippen molar-refractivity contribution >= 4 is 29.4 Å². The molecule has 1 aromatic carbocycles. The Morgan fingerprint density at radius 3 is 2.32 bits per heavy atom. The van der Waals surface area contributed by atoms with Gasteiger partial charge in [-0.1, -0.05) is 43.7 Å². The number of hydrogen-bond acceptors (Lipinski definition) is 4. The van der Waals surface area contributed by atoms with Crippen LogP contribution in [0.3, 0.4) is 0 Å². The first-order valence-electron chi connectivity index (χ1n) is 8.16. The van der Waals surface area contributed by atoms with Gasteiger partial charge in [0.2, 0.25) is 0 Å². The Hall–Kier alpha value is -2.08. The third-order valence-corrected chi connectivity index (χ3v) is 4.98. The van der Waals surface area contributed by atoms with Gasteiger partial charge in [0.05, 0.1) is 6.42 Å². The molecule has 0 fully saturated rings. The Morgan fingerprint density at radius 2 is 1.84 bits per heavy atom. The van der Waals surface area contributed by atoms with Crippen LogP contribution in [0.1, 0.15) is 36.2 Å². The van der Waals surface area contributed by atoms with E-state index < -0.39 is 17.8 Å². The molecule has 1 atom stereocenters. The molecule has 5 nitrogen and oxygen atoms in total. The van der Waals surface area contributed by atoms with E-state index in [1.54, 1.807) is 17.0 Å². The van der Waals surface area contributed by atoms with E-state index in [9.17, 15) is 19.5 Å². The Kier molecular flexibility index (Phi) is 6.06. The molecule has 1 aliphatic heterocycles. The molecule has 0 aliphatic carbocycles. The number of carbonyl (C=O) groups is 3. The van der Waals surface area contributed by atoms with Gasteiger partial charge in [-0.3, -0.25) is 14.4 Å². The maximum atomic E-state index is 13.1. The van der Waals surface area contributed by atoms with Crippen molar-refractivity contribution in [2.24, 2.45) is 5.92 Å². The van der Waals surface area contributed by atoms with E-state index >= 15 is 0 Å². The van der Waals surface area contributed by atoms with Gasteiger partial charge in [-0.2, -0.15) is 0 Å². The minimum absolute atomic E-state index is 0.109. The largest absolute Gasteiger partial charge is 0.481 e. The molecule has 0 radical (unpaired) electrons. The number of aliphatic carboxylic acids is 1. The molecule has 0 aromatic heterocycles. The summed E-state index contributed by atoms with van der Waals surface area (Å²) < 4.78 is 0. The van der Waals surface area contributed by atoms with Crippen LogP contribution in [0.25, 0.3) is 0 Å². The van der Waals surface area contributed by atoms with Gasteiger partial charge in [0, 0.05) is 23.3 Å². The summed E-state index contributed by atoms with van der Waals surface area (Å²) in [5, 5.41) is 8.76. The second-order valence-electron chi connectivity index (χ2n) is 6.60. The number of aryl methyl sites for hydroxylation is 1. The number of rotatable bonds is 7. The number of hydrogen-bond donors (Lipinski definition) is 1. The first kappa shape index (κ1) is 19.2. The van der Waals surface area contributed by atoms with Crippen molar-refractivity contribution in [3.05, 3.63) is 46.5 Å². The van der Waals surface area contributed by atoms with E-state index in [-0.39, 0.29) is 23.2 Å². The lowest BCUT2D eigenvalue weighted by molar-refractivity contribution is -0.137. The van der Waals surface area contributed by atoms with E-state index in [1.165, 1.54) is 11.8 Å². The molecule has 0 saturated carbocycles. The highest BCUT2D eigenvalue weighted by Gasteiger charge is 2.42. The molecular weight excluding hydrogens is 338 g/mol. The fraction of sp³-hybridized carbons (Fsp3) is 0.421. The van der Waals surface area contributed by atoms with Crippen LogP contribution >= 0.6 is 11.8 Å². The second-order valence-corrected chi connectivity index (χ2v) is 7.52. The van der Waals surface area contributed by atoms with Crippen molar-refractivity contribution in [2.45, 2.75) is 32.6 Å². The monoisotopic (exact) mass is 361 g/mol. The molecule has 1 heterocycles. The maximum absolute atomic E-state index is 13.1. The van der Waals surface area contributed by atoms with Gasteiger partial charge >= 0.3 is 5.97 Å². The van der Waals surface area contributed by atoms with E-state index in [0.29, 0.717) is 17.7 Å². The summed E-state index contributed by atoms with van der Waals surface area (Å²) >= 11 is 1.38. The highest BCUT2D eigenvalue weighted by molar-refractivity contribution is 7.99. The van der Waals surface area contributed by atoms with E-state index in [0.717, 1.165) is 5.56 Å². The lowest BCUT2D eigenvalue weighted by Crippen LogP contribution is -2.37. The van der Waals surface area contributed by atoms with Gasteiger partial charge in [-0.05, 0) is 19.1 Å². The summed E-state index contributed by atoms with van der Waals surface area (Å²) in [4.78, 5) is 38.7. The molecule has 1 aromatic rings. The molecule has 1 amide bonds. The number of amides is 1. The van der Waals surface area contributed by atoms with Crippen molar-refractivity contribution in [1.29, 1.82) is 0 Å². The van der Waals surface area contributed by atoms with Crippen molar-refractivity contribution < 1.29 is 19.5 Å². The smallest absolute Gasteiger partial charge is 0.308 e. The predicted molar refractivity (Wildman–Crippen MR) is 98.6 cm³/mol. The Labute approximate surface area is 152 Å². The number of Topliss-reactive ketones (excluding diaryl/α,β-unsaturated/α-hetero) is 1. The molecule has 1 aliphatic rings. The number of carbonyl (C=O) groups excluding carboxylic acids is 2. The lowest BCUT2D eigenvalue weighted by Gasteiger charge is -2.27. The molecule has 2 rings (SSSR count). The number of carboxylic acid groups (broad SMARTS) is 1. The zero-order valence-electron chi connectivity index (χ0n) is 14.9. The average molecular weight is 361 g/mol. The summed E-state index contributed by atoms with van der Waals surface area (Å²) in [5.41, 5.74) is 1.92. The van der Waals surface area contributed by atoms with Crippen LogP contribution in [0.15, 0.2) is 35.4 Å². The molecule has 1 N–H and O–H groups in total. The topological polar surface area (TPSA) is 74.7 Å². The molecule has 6 heteroatoms. The normalized spacial score (nSPS) is 17.6. The van der Waals surface area contributed by atoms with Crippen LogP contribution in [0.4, 0.5) is 0 Å². The number of nitrogens with zero attached hydrogens (tertiary/aromatic N) is 1. The van der Waals surface area contributed by atoms with Crippen LogP contribution < -0.4 is 0 Å². The van der Waals surface area contributed by atoms with Crippen molar-refractivity contribution in [1.82, 2.24) is 4.90 Å². The third-order valence-electron chi connectivity index (χ3n) is 4.05. The van der Waals surface area contributed by atoms with Gasteiger partial charge in [-0.15, -0.1) is 11.8 Å². The zero-order valence-corrected chi connectivity index (χ0v) is 15.7. The Morgan fingerprint density at radius 1 is 1.24 bits per heavy atom. The molecule has 0 bridgehead atoms.